The number of aromatic nitrogens is 2. The maximum Gasteiger partial charge on any atom is 0.247 e. The Morgan fingerprint density at radius 3 is 2.44 bits per heavy atom. The highest BCUT2D eigenvalue weighted by Crippen LogP contribution is 2.22. The maximum atomic E-state index is 13.2. The van der Waals surface area contributed by atoms with Crippen LogP contribution >= 0.6 is 0 Å². The van der Waals surface area contributed by atoms with Crippen molar-refractivity contribution in [2.45, 2.75) is 25.8 Å². The minimum absolute atomic E-state index is 0.0193. The number of aryl methyl sites for hydroxylation is 1. The average Bonchev–Trinajstić information content (AvgIpc) is 3.32. The van der Waals surface area contributed by atoms with Gasteiger partial charge in [0, 0.05) is 29.7 Å². The second kappa shape index (κ2) is 10.2. The lowest BCUT2D eigenvalue weighted by molar-refractivity contribution is -0.118. The largest absolute Gasteiger partial charge is 0.421 e. The molecule has 5 nitrogen and oxygen atoms in total. The molecule has 3 aromatic carbocycles. The zero-order valence-electron chi connectivity index (χ0n) is 17.6. The van der Waals surface area contributed by atoms with Crippen molar-refractivity contribution < 1.29 is 9.21 Å². The molecule has 0 saturated carbocycles. The van der Waals surface area contributed by atoms with Gasteiger partial charge in [0.15, 0.2) is 0 Å². The molecule has 0 spiro atoms. The minimum Gasteiger partial charge on any atom is -0.421 e. The van der Waals surface area contributed by atoms with Gasteiger partial charge in [-0.15, -0.1) is 16.6 Å². The molecule has 0 bridgehead atoms. The molecule has 0 aliphatic rings. The van der Waals surface area contributed by atoms with Crippen molar-refractivity contribution in [3.05, 3.63) is 102 Å². The van der Waals surface area contributed by atoms with Crippen LogP contribution in [0.3, 0.4) is 0 Å². The highest BCUT2D eigenvalue weighted by Gasteiger charge is 2.17. The number of terminal acetylenes is 1. The molecule has 1 heterocycles. The molecule has 0 fully saturated rings. The van der Waals surface area contributed by atoms with Crippen molar-refractivity contribution in [3.63, 3.8) is 0 Å². The molecule has 4 aromatic rings. The summed E-state index contributed by atoms with van der Waals surface area (Å²) in [7, 11) is 0. The van der Waals surface area contributed by atoms with Crippen molar-refractivity contribution >= 4 is 11.6 Å². The Labute approximate surface area is 187 Å². The van der Waals surface area contributed by atoms with Crippen molar-refractivity contribution in [3.8, 4) is 23.8 Å². The van der Waals surface area contributed by atoms with Gasteiger partial charge in [-0.05, 0) is 42.3 Å². The molecule has 32 heavy (non-hydrogen) atoms. The molecule has 1 aromatic heterocycles. The fourth-order valence-electron chi connectivity index (χ4n) is 3.43. The Hall–Kier alpha value is -4.17. The molecule has 0 unspecified atom stereocenters. The quantitative estimate of drug-likeness (QED) is 0.364. The summed E-state index contributed by atoms with van der Waals surface area (Å²) in [5.41, 5.74) is 3.47. The summed E-state index contributed by atoms with van der Waals surface area (Å²) in [6.07, 6.45) is 7.06. The fourth-order valence-corrected chi connectivity index (χ4v) is 3.43. The van der Waals surface area contributed by atoms with E-state index in [0.29, 0.717) is 37.6 Å². The standard InChI is InChI=1S/C27H23N3O2/c1-2-21-13-9-16-24(19-21)30(20-22-11-5-3-6-12-22)26(31)18-10-17-25-28-29-27(32-25)23-14-7-4-8-15-23/h1,3-9,11-16,19H,10,17-18,20H2. The van der Waals surface area contributed by atoms with E-state index in [2.05, 4.69) is 16.1 Å². The average molecular weight is 422 g/mol. The number of anilines is 1. The van der Waals surface area contributed by atoms with E-state index in [-0.39, 0.29) is 5.91 Å². The molecule has 0 N–H and O–H groups in total. The molecule has 158 valence electrons. The molecule has 0 aliphatic heterocycles. The molecule has 5 heteroatoms. The van der Waals surface area contributed by atoms with Crippen molar-refractivity contribution in [2.75, 3.05) is 4.90 Å². The SMILES string of the molecule is C#Cc1cccc(N(Cc2ccccc2)C(=O)CCCc2nnc(-c3ccccc3)o2)c1. The Balaban J connectivity index is 1.43. The van der Waals surface area contributed by atoms with Crippen LogP contribution in [0.1, 0.15) is 29.9 Å². The summed E-state index contributed by atoms with van der Waals surface area (Å²) in [5, 5.41) is 8.23. The predicted molar refractivity (Wildman–Crippen MR) is 125 cm³/mol. The number of amides is 1. The monoisotopic (exact) mass is 421 g/mol. The molecule has 4 rings (SSSR count). The van der Waals surface area contributed by atoms with Crippen molar-refractivity contribution in [1.82, 2.24) is 10.2 Å². The Kier molecular flexibility index (Phi) is 6.74. The van der Waals surface area contributed by atoms with E-state index in [1.807, 2.05) is 84.9 Å². The van der Waals surface area contributed by atoms with Gasteiger partial charge in [-0.25, -0.2) is 0 Å². The van der Waals surface area contributed by atoms with Gasteiger partial charge in [0.05, 0.1) is 6.54 Å². The predicted octanol–water partition coefficient (Wildman–Crippen LogP) is 5.27. The van der Waals surface area contributed by atoms with Crippen LogP contribution < -0.4 is 4.90 Å². The topological polar surface area (TPSA) is 59.2 Å². The zero-order chi connectivity index (χ0) is 22.2. The van der Waals surface area contributed by atoms with E-state index < -0.39 is 0 Å². The van der Waals surface area contributed by atoms with Crippen LogP contribution in [0.2, 0.25) is 0 Å². The van der Waals surface area contributed by atoms with Crippen LogP contribution in [-0.2, 0) is 17.8 Å². The van der Waals surface area contributed by atoms with Gasteiger partial charge in [-0.1, -0.05) is 60.5 Å². The number of nitrogens with zero attached hydrogens (tertiary/aromatic N) is 3. The van der Waals surface area contributed by atoms with Gasteiger partial charge >= 0.3 is 0 Å². The Morgan fingerprint density at radius 2 is 1.69 bits per heavy atom. The highest BCUT2D eigenvalue weighted by atomic mass is 16.4. The third-order valence-corrected chi connectivity index (χ3v) is 5.08. The first-order valence-corrected chi connectivity index (χ1v) is 10.5. The fraction of sp³-hybridized carbons (Fsp3) is 0.148. The molecular weight excluding hydrogens is 398 g/mol. The molecular formula is C27H23N3O2. The summed E-state index contributed by atoms with van der Waals surface area (Å²) in [5.74, 6) is 3.68. The van der Waals surface area contributed by atoms with E-state index >= 15 is 0 Å². The summed E-state index contributed by atoms with van der Waals surface area (Å²) in [4.78, 5) is 14.9. The lowest BCUT2D eigenvalue weighted by atomic mass is 10.1. The normalized spacial score (nSPS) is 10.5. The Bertz CT molecular complexity index is 1210. The van der Waals surface area contributed by atoms with Crippen LogP contribution in [0, 0.1) is 12.3 Å². The second-order valence-corrected chi connectivity index (χ2v) is 7.38. The first-order valence-electron chi connectivity index (χ1n) is 10.5. The van der Waals surface area contributed by atoms with Gasteiger partial charge < -0.3 is 9.32 Å². The van der Waals surface area contributed by atoms with Crippen LogP contribution in [0.4, 0.5) is 5.69 Å². The van der Waals surface area contributed by atoms with E-state index in [4.69, 9.17) is 10.8 Å². The summed E-state index contributed by atoms with van der Waals surface area (Å²) in [6, 6.07) is 27.1. The number of carbonyl (C=O) groups is 1. The first-order chi connectivity index (χ1) is 15.7. The van der Waals surface area contributed by atoms with E-state index in [0.717, 1.165) is 22.4 Å². The molecule has 0 saturated heterocycles. The number of carbonyl (C=O) groups excluding carboxylic acids is 1. The van der Waals surface area contributed by atoms with Crippen LogP contribution in [-0.4, -0.2) is 16.1 Å². The third-order valence-electron chi connectivity index (χ3n) is 5.08. The molecule has 0 atom stereocenters. The van der Waals surface area contributed by atoms with Crippen molar-refractivity contribution in [1.29, 1.82) is 0 Å². The lowest BCUT2D eigenvalue weighted by Gasteiger charge is -2.23. The van der Waals surface area contributed by atoms with Gasteiger partial charge in [0.25, 0.3) is 0 Å². The number of rotatable bonds is 8. The molecule has 0 radical (unpaired) electrons. The van der Waals surface area contributed by atoms with E-state index in [9.17, 15) is 4.79 Å². The highest BCUT2D eigenvalue weighted by molar-refractivity contribution is 5.93. The Morgan fingerprint density at radius 1 is 0.938 bits per heavy atom. The number of benzene rings is 3. The molecule has 1 amide bonds. The van der Waals surface area contributed by atoms with E-state index in [1.54, 1.807) is 4.90 Å². The van der Waals surface area contributed by atoms with Crippen LogP contribution in [0.5, 0.6) is 0 Å². The summed E-state index contributed by atoms with van der Waals surface area (Å²) >= 11 is 0. The minimum atomic E-state index is 0.0193. The zero-order valence-corrected chi connectivity index (χ0v) is 17.6. The number of hydrogen-bond acceptors (Lipinski definition) is 4. The van der Waals surface area contributed by atoms with Gasteiger partial charge in [0.2, 0.25) is 17.7 Å². The third kappa shape index (κ3) is 5.30. The van der Waals surface area contributed by atoms with Gasteiger partial charge in [-0.2, -0.15) is 0 Å². The van der Waals surface area contributed by atoms with Gasteiger partial charge in [-0.3, -0.25) is 4.79 Å². The maximum absolute atomic E-state index is 13.2. The van der Waals surface area contributed by atoms with E-state index in [1.165, 1.54) is 0 Å². The number of hydrogen-bond donors (Lipinski definition) is 0. The van der Waals surface area contributed by atoms with Crippen molar-refractivity contribution in [2.24, 2.45) is 0 Å². The van der Waals surface area contributed by atoms with Crippen LogP contribution in [0.25, 0.3) is 11.5 Å². The van der Waals surface area contributed by atoms with Crippen LogP contribution in [0.15, 0.2) is 89.3 Å². The smallest absolute Gasteiger partial charge is 0.247 e. The van der Waals surface area contributed by atoms with Gasteiger partial charge in [0.1, 0.15) is 0 Å². The first kappa shape index (κ1) is 21.1. The summed E-state index contributed by atoms with van der Waals surface area (Å²) in [6.45, 7) is 0.479. The molecule has 0 aliphatic carbocycles. The summed E-state index contributed by atoms with van der Waals surface area (Å²) < 4.78 is 5.75. The second-order valence-electron chi connectivity index (χ2n) is 7.38. The lowest BCUT2D eigenvalue weighted by Crippen LogP contribution is -2.30.